The smallest absolute Gasteiger partial charge is 0.245 e. The first-order valence-corrected chi connectivity index (χ1v) is 7.82. The second kappa shape index (κ2) is 7.25. The minimum Gasteiger partial charge on any atom is -0.343 e. The highest BCUT2D eigenvalue weighted by atomic mass is 16.2. The summed E-state index contributed by atoms with van der Waals surface area (Å²) in [5, 5.41) is 2.87. The molecule has 4 nitrogen and oxygen atoms in total. The Labute approximate surface area is 126 Å². The molecule has 0 spiro atoms. The maximum atomic E-state index is 12.6. The normalized spacial score (nSPS) is 22.3. The molecule has 2 amide bonds. The van der Waals surface area contributed by atoms with E-state index in [-0.39, 0.29) is 23.9 Å². The molecule has 1 aliphatic heterocycles. The van der Waals surface area contributed by atoms with Crippen molar-refractivity contribution in [1.29, 1.82) is 0 Å². The van der Waals surface area contributed by atoms with Crippen LogP contribution in [0.1, 0.15) is 38.7 Å². The second-order valence-electron chi connectivity index (χ2n) is 5.54. The molecule has 0 aromatic heterocycles. The molecule has 1 aromatic carbocycles. The Morgan fingerprint density at radius 2 is 1.86 bits per heavy atom. The molecule has 1 fully saturated rings. The third-order valence-electron chi connectivity index (χ3n) is 4.02. The number of carbonyl (C=O) groups excluding carboxylic acids is 2. The Morgan fingerprint density at radius 3 is 2.48 bits per heavy atom. The lowest BCUT2D eigenvalue weighted by atomic mass is 10.0. The third-order valence-corrected chi connectivity index (χ3v) is 4.02. The number of benzene rings is 1. The van der Waals surface area contributed by atoms with Crippen molar-refractivity contribution in [3.8, 4) is 0 Å². The average Bonchev–Trinajstić information content (AvgIpc) is 2.50. The number of rotatable bonds is 6. The number of nitrogens with zero attached hydrogens (tertiary/aromatic N) is 1. The van der Waals surface area contributed by atoms with E-state index in [0.717, 1.165) is 12.8 Å². The van der Waals surface area contributed by atoms with Gasteiger partial charge in [-0.2, -0.15) is 0 Å². The molecule has 2 unspecified atom stereocenters. The van der Waals surface area contributed by atoms with E-state index in [2.05, 4.69) is 17.4 Å². The fourth-order valence-electron chi connectivity index (χ4n) is 2.88. The lowest BCUT2D eigenvalue weighted by Crippen LogP contribution is -2.63. The lowest BCUT2D eigenvalue weighted by Gasteiger charge is -2.38. The van der Waals surface area contributed by atoms with Gasteiger partial charge in [-0.15, -0.1) is 0 Å². The van der Waals surface area contributed by atoms with Crippen LogP contribution in [0.15, 0.2) is 30.3 Å². The van der Waals surface area contributed by atoms with Crippen molar-refractivity contribution >= 4 is 11.8 Å². The van der Waals surface area contributed by atoms with Gasteiger partial charge in [-0.25, -0.2) is 0 Å². The molecule has 0 bridgehead atoms. The van der Waals surface area contributed by atoms with Crippen molar-refractivity contribution in [2.24, 2.45) is 0 Å². The first-order chi connectivity index (χ1) is 10.2. The van der Waals surface area contributed by atoms with E-state index in [1.165, 1.54) is 5.56 Å². The number of amides is 2. The highest BCUT2D eigenvalue weighted by molar-refractivity contribution is 5.96. The minimum absolute atomic E-state index is 0.0105. The summed E-state index contributed by atoms with van der Waals surface area (Å²) in [6.45, 7) is 4.59. The number of nitrogens with one attached hydrogen (secondary N) is 1. The Bertz CT molecular complexity index is 487. The summed E-state index contributed by atoms with van der Waals surface area (Å²) in [4.78, 5) is 26.5. The van der Waals surface area contributed by atoms with Gasteiger partial charge < -0.3 is 10.2 Å². The summed E-state index contributed by atoms with van der Waals surface area (Å²) < 4.78 is 0. The van der Waals surface area contributed by atoms with Gasteiger partial charge in [0.05, 0.1) is 0 Å². The van der Waals surface area contributed by atoms with Gasteiger partial charge in [0.1, 0.15) is 12.1 Å². The van der Waals surface area contributed by atoms with Crippen LogP contribution in [0, 0.1) is 0 Å². The SMILES string of the molecule is CCCC1NC(=O)C(CC)N(CCc2ccccc2)C1=O. The lowest BCUT2D eigenvalue weighted by molar-refractivity contribution is -0.149. The molecule has 1 aromatic rings. The maximum Gasteiger partial charge on any atom is 0.245 e. The standard InChI is InChI=1S/C17H24N2O2/c1-3-8-14-17(21)19(15(4-2)16(20)18-14)12-11-13-9-6-5-7-10-13/h5-7,9-10,14-15H,3-4,8,11-12H2,1-2H3,(H,18,20). The summed E-state index contributed by atoms with van der Waals surface area (Å²) in [5.74, 6) is 0.0582. The van der Waals surface area contributed by atoms with Gasteiger partial charge in [0.15, 0.2) is 0 Å². The van der Waals surface area contributed by atoms with E-state index in [0.29, 0.717) is 19.4 Å². The Hall–Kier alpha value is -1.84. The predicted octanol–water partition coefficient (Wildman–Crippen LogP) is 2.13. The Balaban J connectivity index is 2.08. The van der Waals surface area contributed by atoms with Gasteiger partial charge >= 0.3 is 0 Å². The van der Waals surface area contributed by atoms with Crippen molar-refractivity contribution in [3.05, 3.63) is 35.9 Å². The number of piperazine rings is 1. The minimum atomic E-state index is -0.346. The molecular formula is C17H24N2O2. The molecule has 1 saturated heterocycles. The number of hydrogen-bond acceptors (Lipinski definition) is 2. The van der Waals surface area contributed by atoms with Crippen LogP contribution >= 0.6 is 0 Å². The van der Waals surface area contributed by atoms with E-state index in [9.17, 15) is 9.59 Å². The summed E-state index contributed by atoms with van der Waals surface area (Å²) in [7, 11) is 0. The van der Waals surface area contributed by atoms with Crippen LogP contribution in [0.5, 0.6) is 0 Å². The van der Waals surface area contributed by atoms with E-state index in [4.69, 9.17) is 0 Å². The van der Waals surface area contributed by atoms with Crippen LogP contribution in [-0.4, -0.2) is 35.3 Å². The average molecular weight is 288 g/mol. The molecule has 1 N–H and O–H groups in total. The highest BCUT2D eigenvalue weighted by Gasteiger charge is 2.38. The van der Waals surface area contributed by atoms with Crippen LogP contribution in [0.4, 0.5) is 0 Å². The van der Waals surface area contributed by atoms with Crippen molar-refractivity contribution in [3.63, 3.8) is 0 Å². The van der Waals surface area contributed by atoms with Gasteiger partial charge in [0.2, 0.25) is 11.8 Å². The molecule has 0 saturated carbocycles. The van der Waals surface area contributed by atoms with E-state index < -0.39 is 0 Å². The largest absolute Gasteiger partial charge is 0.343 e. The zero-order chi connectivity index (χ0) is 15.2. The first kappa shape index (κ1) is 15.5. The summed E-state index contributed by atoms with van der Waals surface area (Å²) in [6.07, 6.45) is 3.04. The van der Waals surface area contributed by atoms with Crippen LogP contribution in [0.2, 0.25) is 0 Å². The molecule has 4 heteroatoms. The summed E-state index contributed by atoms with van der Waals surface area (Å²) in [6, 6.07) is 9.41. The predicted molar refractivity (Wildman–Crippen MR) is 82.8 cm³/mol. The molecule has 21 heavy (non-hydrogen) atoms. The van der Waals surface area contributed by atoms with Crippen molar-refractivity contribution in [1.82, 2.24) is 10.2 Å². The Morgan fingerprint density at radius 1 is 1.14 bits per heavy atom. The van der Waals surface area contributed by atoms with Crippen LogP contribution in [-0.2, 0) is 16.0 Å². The van der Waals surface area contributed by atoms with Gasteiger partial charge in [0, 0.05) is 6.54 Å². The summed E-state index contributed by atoms with van der Waals surface area (Å²) in [5.41, 5.74) is 1.19. The first-order valence-electron chi connectivity index (χ1n) is 7.82. The van der Waals surface area contributed by atoms with Crippen molar-refractivity contribution in [2.75, 3.05) is 6.54 Å². The van der Waals surface area contributed by atoms with Gasteiger partial charge in [-0.3, -0.25) is 9.59 Å². The fraction of sp³-hybridized carbons (Fsp3) is 0.529. The van der Waals surface area contributed by atoms with Crippen LogP contribution in [0.25, 0.3) is 0 Å². The van der Waals surface area contributed by atoms with Gasteiger partial charge in [-0.1, -0.05) is 50.6 Å². The number of carbonyl (C=O) groups is 2. The maximum absolute atomic E-state index is 12.6. The van der Waals surface area contributed by atoms with Gasteiger partial charge in [0.25, 0.3) is 0 Å². The highest BCUT2D eigenvalue weighted by Crippen LogP contribution is 2.16. The van der Waals surface area contributed by atoms with Crippen LogP contribution in [0.3, 0.4) is 0 Å². The molecule has 2 atom stereocenters. The van der Waals surface area contributed by atoms with E-state index in [1.807, 2.05) is 32.0 Å². The molecule has 1 aliphatic rings. The topological polar surface area (TPSA) is 49.4 Å². The second-order valence-corrected chi connectivity index (χ2v) is 5.54. The monoisotopic (exact) mass is 288 g/mol. The molecule has 2 rings (SSSR count). The summed E-state index contributed by atoms with van der Waals surface area (Å²) >= 11 is 0. The fourth-order valence-corrected chi connectivity index (χ4v) is 2.88. The molecule has 114 valence electrons. The van der Waals surface area contributed by atoms with Crippen LogP contribution < -0.4 is 5.32 Å². The third kappa shape index (κ3) is 3.63. The molecule has 0 aliphatic carbocycles. The zero-order valence-electron chi connectivity index (χ0n) is 12.8. The number of hydrogen-bond donors (Lipinski definition) is 1. The van der Waals surface area contributed by atoms with Crippen molar-refractivity contribution < 1.29 is 9.59 Å². The Kier molecular flexibility index (Phi) is 5.37. The molecular weight excluding hydrogens is 264 g/mol. The quantitative estimate of drug-likeness (QED) is 0.872. The van der Waals surface area contributed by atoms with E-state index in [1.54, 1.807) is 4.90 Å². The zero-order valence-corrected chi connectivity index (χ0v) is 12.8. The molecule has 1 heterocycles. The molecule has 0 radical (unpaired) electrons. The van der Waals surface area contributed by atoms with E-state index >= 15 is 0 Å². The van der Waals surface area contributed by atoms with Gasteiger partial charge in [-0.05, 0) is 24.8 Å². The van der Waals surface area contributed by atoms with Crippen molar-refractivity contribution in [2.45, 2.75) is 51.6 Å².